The number of phenols is 1. The molecule has 0 radical (unpaired) electrons. The molecule has 0 aromatic heterocycles. The zero-order chi connectivity index (χ0) is 9.84. The van der Waals surface area contributed by atoms with Gasteiger partial charge in [0.1, 0.15) is 0 Å². The number of phenolic OH excluding ortho intramolecular Hbond substituents is 1. The normalized spacial score (nSPS) is 9.46. The predicted molar refractivity (Wildman–Crippen MR) is 50.8 cm³/mol. The third kappa shape index (κ3) is 1.77. The lowest BCUT2D eigenvalue weighted by atomic mass is 10.2. The molecule has 0 unspecified atom stereocenters. The molecule has 0 saturated heterocycles. The molecular formula is C9H13NO3. The van der Waals surface area contributed by atoms with Crippen molar-refractivity contribution in [1.29, 1.82) is 0 Å². The van der Waals surface area contributed by atoms with Crippen LogP contribution in [-0.4, -0.2) is 26.4 Å². The fraction of sp³-hybridized carbons (Fsp3) is 0.333. The van der Waals surface area contributed by atoms with Crippen LogP contribution in [-0.2, 0) is 0 Å². The minimum atomic E-state index is 0.0176. The van der Waals surface area contributed by atoms with Crippen molar-refractivity contribution in [1.82, 2.24) is 0 Å². The molecule has 1 aromatic carbocycles. The summed E-state index contributed by atoms with van der Waals surface area (Å²) in [5.74, 6) is 0.802. The van der Waals surface area contributed by atoms with E-state index in [1.807, 2.05) is 0 Å². The highest BCUT2D eigenvalue weighted by Gasteiger charge is 2.09. The van der Waals surface area contributed by atoms with E-state index < -0.39 is 0 Å². The number of hydrogen-bond acceptors (Lipinski definition) is 4. The van der Waals surface area contributed by atoms with Crippen molar-refractivity contribution in [3.05, 3.63) is 12.1 Å². The van der Waals surface area contributed by atoms with Crippen LogP contribution in [0.2, 0.25) is 0 Å². The number of aromatic hydroxyl groups is 1. The molecule has 4 heteroatoms. The van der Waals surface area contributed by atoms with Crippen molar-refractivity contribution in [2.75, 3.05) is 26.6 Å². The van der Waals surface area contributed by atoms with Gasteiger partial charge in [-0.15, -0.1) is 0 Å². The summed E-state index contributed by atoms with van der Waals surface area (Å²) in [5.41, 5.74) is 0.825. The lowest BCUT2D eigenvalue weighted by Gasteiger charge is -2.10. The van der Waals surface area contributed by atoms with Gasteiger partial charge in [0.05, 0.1) is 14.2 Å². The van der Waals surface area contributed by atoms with E-state index in [0.29, 0.717) is 11.5 Å². The zero-order valence-electron chi connectivity index (χ0n) is 7.92. The summed E-state index contributed by atoms with van der Waals surface area (Å²) in [6.07, 6.45) is 0. The van der Waals surface area contributed by atoms with E-state index in [2.05, 4.69) is 5.32 Å². The summed E-state index contributed by atoms with van der Waals surface area (Å²) in [6, 6.07) is 3.38. The van der Waals surface area contributed by atoms with Crippen LogP contribution in [0.5, 0.6) is 17.2 Å². The molecule has 1 aromatic rings. The van der Waals surface area contributed by atoms with Crippen LogP contribution in [0.3, 0.4) is 0 Å². The topological polar surface area (TPSA) is 50.7 Å². The quantitative estimate of drug-likeness (QED) is 0.696. The molecule has 0 heterocycles. The second-order valence-corrected chi connectivity index (χ2v) is 2.48. The zero-order valence-corrected chi connectivity index (χ0v) is 7.92. The van der Waals surface area contributed by atoms with Gasteiger partial charge in [0.2, 0.25) is 5.75 Å². The molecule has 0 spiro atoms. The molecule has 0 saturated carbocycles. The minimum absolute atomic E-state index is 0.0176. The van der Waals surface area contributed by atoms with Gasteiger partial charge in [-0.2, -0.15) is 0 Å². The number of ether oxygens (including phenoxy) is 2. The maximum atomic E-state index is 9.53. The van der Waals surface area contributed by atoms with Crippen molar-refractivity contribution >= 4 is 5.69 Å². The number of rotatable bonds is 3. The Morgan fingerprint density at radius 2 is 1.62 bits per heavy atom. The lowest BCUT2D eigenvalue weighted by Crippen LogP contribution is -1.93. The molecule has 72 valence electrons. The molecule has 1 rings (SSSR count). The van der Waals surface area contributed by atoms with Crippen LogP contribution in [0.15, 0.2) is 12.1 Å². The number of methoxy groups -OCH3 is 2. The van der Waals surface area contributed by atoms with E-state index in [1.54, 1.807) is 19.2 Å². The molecule has 0 atom stereocenters. The van der Waals surface area contributed by atoms with E-state index in [-0.39, 0.29) is 5.75 Å². The van der Waals surface area contributed by atoms with Crippen LogP contribution >= 0.6 is 0 Å². The average Bonchev–Trinajstić information content (AvgIpc) is 2.18. The average molecular weight is 183 g/mol. The first-order valence-corrected chi connectivity index (χ1v) is 3.85. The molecule has 0 aliphatic carbocycles. The van der Waals surface area contributed by atoms with Gasteiger partial charge in [-0.1, -0.05) is 0 Å². The van der Waals surface area contributed by atoms with Crippen molar-refractivity contribution in [3.63, 3.8) is 0 Å². The largest absolute Gasteiger partial charge is 0.502 e. The van der Waals surface area contributed by atoms with E-state index in [0.717, 1.165) is 5.69 Å². The van der Waals surface area contributed by atoms with Gasteiger partial charge in [0.25, 0.3) is 0 Å². The second kappa shape index (κ2) is 3.89. The Hall–Kier alpha value is -1.58. The standard InChI is InChI=1S/C9H13NO3/c1-10-6-4-7(12-2)9(11)8(5-6)13-3/h4-5,10-11H,1-3H3. The second-order valence-electron chi connectivity index (χ2n) is 2.48. The molecule has 0 amide bonds. The van der Waals surface area contributed by atoms with Gasteiger partial charge in [-0.3, -0.25) is 0 Å². The van der Waals surface area contributed by atoms with Gasteiger partial charge >= 0.3 is 0 Å². The Morgan fingerprint density at radius 3 is 1.92 bits per heavy atom. The molecule has 0 aliphatic heterocycles. The Kier molecular flexibility index (Phi) is 2.84. The SMILES string of the molecule is CNc1cc(OC)c(O)c(OC)c1. The van der Waals surface area contributed by atoms with Gasteiger partial charge < -0.3 is 19.9 Å². The van der Waals surface area contributed by atoms with Crippen LogP contribution in [0.25, 0.3) is 0 Å². The maximum Gasteiger partial charge on any atom is 0.200 e. The van der Waals surface area contributed by atoms with Gasteiger partial charge in [0.15, 0.2) is 11.5 Å². The fourth-order valence-corrected chi connectivity index (χ4v) is 1.04. The molecular weight excluding hydrogens is 170 g/mol. The van der Waals surface area contributed by atoms with Crippen LogP contribution in [0, 0.1) is 0 Å². The van der Waals surface area contributed by atoms with E-state index in [1.165, 1.54) is 14.2 Å². The summed E-state index contributed by atoms with van der Waals surface area (Å²) < 4.78 is 9.92. The Labute approximate surface area is 77.1 Å². The lowest BCUT2D eigenvalue weighted by molar-refractivity contribution is 0.340. The van der Waals surface area contributed by atoms with E-state index >= 15 is 0 Å². The van der Waals surface area contributed by atoms with Gasteiger partial charge in [-0.05, 0) is 0 Å². The first kappa shape index (κ1) is 9.51. The van der Waals surface area contributed by atoms with Crippen LogP contribution in [0.1, 0.15) is 0 Å². The van der Waals surface area contributed by atoms with Crippen molar-refractivity contribution in [3.8, 4) is 17.2 Å². The first-order chi connectivity index (χ1) is 6.22. The minimum Gasteiger partial charge on any atom is -0.502 e. The van der Waals surface area contributed by atoms with Crippen molar-refractivity contribution in [2.24, 2.45) is 0 Å². The monoisotopic (exact) mass is 183 g/mol. The highest BCUT2D eigenvalue weighted by Crippen LogP contribution is 2.38. The van der Waals surface area contributed by atoms with Gasteiger partial charge in [0, 0.05) is 24.9 Å². The van der Waals surface area contributed by atoms with Crippen molar-refractivity contribution in [2.45, 2.75) is 0 Å². The molecule has 13 heavy (non-hydrogen) atoms. The number of hydrogen-bond donors (Lipinski definition) is 2. The predicted octanol–water partition coefficient (Wildman–Crippen LogP) is 1.45. The third-order valence-electron chi connectivity index (χ3n) is 1.77. The summed E-state index contributed by atoms with van der Waals surface area (Å²) in [7, 11) is 4.77. The molecule has 4 nitrogen and oxygen atoms in total. The summed E-state index contributed by atoms with van der Waals surface area (Å²) in [6.45, 7) is 0. The Bertz CT molecular complexity index is 274. The summed E-state index contributed by atoms with van der Waals surface area (Å²) in [4.78, 5) is 0. The molecule has 0 fully saturated rings. The molecule has 2 N–H and O–H groups in total. The Balaban J connectivity index is 3.20. The van der Waals surface area contributed by atoms with Gasteiger partial charge in [-0.25, -0.2) is 0 Å². The van der Waals surface area contributed by atoms with Crippen LogP contribution < -0.4 is 14.8 Å². The highest BCUT2D eigenvalue weighted by atomic mass is 16.5. The highest BCUT2D eigenvalue weighted by molar-refractivity contribution is 5.61. The smallest absolute Gasteiger partial charge is 0.200 e. The number of nitrogens with one attached hydrogen (secondary N) is 1. The first-order valence-electron chi connectivity index (χ1n) is 3.85. The van der Waals surface area contributed by atoms with Crippen molar-refractivity contribution < 1.29 is 14.6 Å². The van der Waals surface area contributed by atoms with Crippen LogP contribution in [0.4, 0.5) is 5.69 Å². The maximum absolute atomic E-state index is 9.53. The summed E-state index contributed by atoms with van der Waals surface area (Å²) >= 11 is 0. The summed E-state index contributed by atoms with van der Waals surface area (Å²) in [5, 5.41) is 12.5. The molecule has 0 aliphatic rings. The van der Waals surface area contributed by atoms with E-state index in [4.69, 9.17) is 9.47 Å². The fourth-order valence-electron chi connectivity index (χ4n) is 1.04. The third-order valence-corrected chi connectivity index (χ3v) is 1.77. The Morgan fingerprint density at radius 1 is 1.15 bits per heavy atom. The number of benzene rings is 1. The molecule has 0 bridgehead atoms. The van der Waals surface area contributed by atoms with E-state index in [9.17, 15) is 5.11 Å². The number of anilines is 1.